The van der Waals surface area contributed by atoms with Crippen LogP contribution in [0.4, 0.5) is 5.69 Å². The molecule has 5 nitrogen and oxygen atoms in total. The largest absolute Gasteiger partial charge is 0.464 e. The lowest BCUT2D eigenvalue weighted by atomic mass is 10.1. The molecule has 1 N–H and O–H groups in total. The molecule has 0 atom stereocenters. The maximum atomic E-state index is 11.9. The molecule has 0 spiro atoms. The number of hydrogen-bond donors (Lipinski definition) is 1. The molecule has 0 bridgehead atoms. The Bertz CT molecular complexity index is 867. The fraction of sp³-hybridized carbons (Fsp3) is 0.158. The minimum atomic E-state index is -0.471. The lowest BCUT2D eigenvalue weighted by Gasteiger charge is -2.06. The van der Waals surface area contributed by atoms with Crippen molar-refractivity contribution in [2.24, 2.45) is 0 Å². The summed E-state index contributed by atoms with van der Waals surface area (Å²) in [5, 5.41) is 3.54. The van der Waals surface area contributed by atoms with E-state index in [9.17, 15) is 9.59 Å². The van der Waals surface area contributed by atoms with Crippen molar-refractivity contribution in [2.75, 3.05) is 11.9 Å². The van der Waals surface area contributed by atoms with Crippen LogP contribution in [0.2, 0.25) is 0 Å². The van der Waals surface area contributed by atoms with Crippen LogP contribution < -0.4 is 5.32 Å². The summed E-state index contributed by atoms with van der Waals surface area (Å²) in [4.78, 5) is 23.7. The van der Waals surface area contributed by atoms with Gasteiger partial charge in [-0.25, -0.2) is 0 Å². The quantitative estimate of drug-likeness (QED) is 0.730. The molecule has 3 rings (SSSR count). The molecule has 1 heterocycles. The van der Waals surface area contributed by atoms with E-state index in [-0.39, 0.29) is 18.9 Å². The topological polar surface area (TPSA) is 68.5 Å². The number of furan rings is 1. The van der Waals surface area contributed by atoms with E-state index in [4.69, 9.17) is 9.15 Å². The molecule has 1 amide bonds. The van der Waals surface area contributed by atoms with E-state index in [0.717, 1.165) is 22.1 Å². The van der Waals surface area contributed by atoms with E-state index < -0.39 is 5.97 Å². The summed E-state index contributed by atoms with van der Waals surface area (Å²) < 4.78 is 10.5. The first-order valence-electron chi connectivity index (χ1n) is 7.59. The van der Waals surface area contributed by atoms with Crippen molar-refractivity contribution >= 4 is 28.5 Å². The third-order valence-corrected chi connectivity index (χ3v) is 3.57. The van der Waals surface area contributed by atoms with Gasteiger partial charge in [-0.3, -0.25) is 9.59 Å². The van der Waals surface area contributed by atoms with Crippen molar-refractivity contribution in [3.05, 3.63) is 65.9 Å². The summed E-state index contributed by atoms with van der Waals surface area (Å²) in [7, 11) is 0. The fourth-order valence-corrected chi connectivity index (χ4v) is 2.40. The summed E-state index contributed by atoms with van der Waals surface area (Å²) in [6.07, 6.45) is 1.62. The Morgan fingerprint density at radius 3 is 2.71 bits per heavy atom. The monoisotopic (exact) mass is 323 g/mol. The first-order chi connectivity index (χ1) is 11.6. The number of fused-ring (bicyclic) bond motifs is 1. The highest BCUT2D eigenvalue weighted by molar-refractivity contribution is 5.93. The molecule has 0 unspecified atom stereocenters. The zero-order valence-electron chi connectivity index (χ0n) is 13.2. The Balaban J connectivity index is 1.54. The number of hydrogen-bond acceptors (Lipinski definition) is 4. The van der Waals surface area contributed by atoms with Crippen LogP contribution in [0.15, 0.2) is 59.2 Å². The Morgan fingerprint density at radius 1 is 1.12 bits per heavy atom. The number of rotatable bonds is 5. The van der Waals surface area contributed by atoms with Crippen LogP contribution in [-0.4, -0.2) is 18.5 Å². The second-order valence-electron chi connectivity index (χ2n) is 5.51. The Kier molecular flexibility index (Phi) is 4.61. The number of benzene rings is 2. The number of nitrogens with one attached hydrogen (secondary N) is 1. The normalized spacial score (nSPS) is 10.5. The van der Waals surface area contributed by atoms with E-state index in [2.05, 4.69) is 5.32 Å². The zero-order chi connectivity index (χ0) is 16.9. The molecular weight excluding hydrogens is 306 g/mol. The third-order valence-electron chi connectivity index (χ3n) is 3.57. The van der Waals surface area contributed by atoms with Gasteiger partial charge in [-0.15, -0.1) is 0 Å². The maximum absolute atomic E-state index is 11.9. The number of para-hydroxylation sites is 1. The number of ether oxygens (including phenoxy) is 1. The zero-order valence-corrected chi connectivity index (χ0v) is 13.2. The molecule has 5 heteroatoms. The van der Waals surface area contributed by atoms with Gasteiger partial charge in [-0.05, 0) is 30.7 Å². The molecule has 0 radical (unpaired) electrons. The molecular formula is C19H17NO4. The van der Waals surface area contributed by atoms with Gasteiger partial charge in [0.1, 0.15) is 5.58 Å². The smallest absolute Gasteiger partial charge is 0.310 e. The van der Waals surface area contributed by atoms with Crippen molar-refractivity contribution in [3.63, 3.8) is 0 Å². The van der Waals surface area contributed by atoms with Gasteiger partial charge >= 0.3 is 5.97 Å². The molecule has 122 valence electrons. The lowest BCUT2D eigenvalue weighted by Crippen LogP contribution is -2.21. The minimum Gasteiger partial charge on any atom is -0.464 e. The van der Waals surface area contributed by atoms with Gasteiger partial charge in [0.25, 0.3) is 5.91 Å². The van der Waals surface area contributed by atoms with Gasteiger partial charge in [-0.1, -0.05) is 30.3 Å². The Labute approximate surface area is 139 Å². The number of amides is 1. The molecule has 0 aliphatic rings. The molecule has 0 aliphatic heterocycles. The van der Waals surface area contributed by atoms with Gasteiger partial charge in [0, 0.05) is 16.6 Å². The predicted octanol–water partition coefficient (Wildman–Crippen LogP) is 3.47. The highest BCUT2D eigenvalue weighted by Gasteiger charge is 2.13. The van der Waals surface area contributed by atoms with Crippen LogP contribution >= 0.6 is 0 Å². The molecule has 0 aliphatic carbocycles. The molecule has 24 heavy (non-hydrogen) atoms. The van der Waals surface area contributed by atoms with Crippen molar-refractivity contribution < 1.29 is 18.7 Å². The standard InChI is InChI=1S/C19H17NO4/c1-13-7-8-16-14(11-23-17(16)9-13)10-19(22)24-12-18(21)20-15-5-3-2-4-6-15/h2-9,11H,10,12H2,1H3,(H,20,21). The first-order valence-corrected chi connectivity index (χ1v) is 7.59. The lowest BCUT2D eigenvalue weighted by molar-refractivity contribution is -0.146. The molecule has 0 saturated carbocycles. The average molecular weight is 323 g/mol. The molecule has 0 saturated heterocycles. The van der Waals surface area contributed by atoms with Crippen LogP contribution in [0.3, 0.4) is 0 Å². The van der Waals surface area contributed by atoms with Crippen molar-refractivity contribution in [2.45, 2.75) is 13.3 Å². The van der Waals surface area contributed by atoms with Gasteiger partial charge in [0.2, 0.25) is 0 Å². The van der Waals surface area contributed by atoms with E-state index in [1.165, 1.54) is 0 Å². The van der Waals surface area contributed by atoms with Gasteiger partial charge in [0.15, 0.2) is 6.61 Å². The van der Waals surface area contributed by atoms with Crippen LogP contribution in [0.25, 0.3) is 11.0 Å². The van der Waals surface area contributed by atoms with Gasteiger partial charge in [-0.2, -0.15) is 0 Å². The minimum absolute atomic E-state index is 0.0642. The predicted molar refractivity (Wildman–Crippen MR) is 90.7 cm³/mol. The van der Waals surface area contributed by atoms with E-state index in [1.807, 2.05) is 43.3 Å². The highest BCUT2D eigenvalue weighted by Crippen LogP contribution is 2.22. The van der Waals surface area contributed by atoms with Crippen LogP contribution in [0.1, 0.15) is 11.1 Å². The van der Waals surface area contributed by atoms with Crippen molar-refractivity contribution in [1.29, 1.82) is 0 Å². The SMILES string of the molecule is Cc1ccc2c(CC(=O)OCC(=O)Nc3ccccc3)coc2c1. The van der Waals surface area contributed by atoms with Crippen molar-refractivity contribution in [1.82, 2.24) is 0 Å². The van der Waals surface area contributed by atoms with Crippen LogP contribution in [0.5, 0.6) is 0 Å². The molecule has 2 aromatic carbocycles. The van der Waals surface area contributed by atoms with E-state index in [0.29, 0.717) is 5.69 Å². The van der Waals surface area contributed by atoms with Crippen molar-refractivity contribution in [3.8, 4) is 0 Å². The van der Waals surface area contributed by atoms with Crippen LogP contribution in [-0.2, 0) is 20.7 Å². The summed E-state index contributed by atoms with van der Waals surface area (Å²) in [5.41, 5.74) is 3.23. The third kappa shape index (κ3) is 3.81. The molecule has 1 aromatic heterocycles. The van der Waals surface area contributed by atoms with Crippen LogP contribution in [0, 0.1) is 6.92 Å². The summed E-state index contributed by atoms with van der Waals surface area (Å²) in [6.45, 7) is 1.66. The Morgan fingerprint density at radius 2 is 1.92 bits per heavy atom. The fourth-order valence-electron chi connectivity index (χ4n) is 2.40. The average Bonchev–Trinajstić information content (AvgIpc) is 2.96. The van der Waals surface area contributed by atoms with Gasteiger partial charge in [0.05, 0.1) is 12.7 Å². The Hall–Kier alpha value is -3.08. The maximum Gasteiger partial charge on any atom is 0.310 e. The summed E-state index contributed by atoms with van der Waals surface area (Å²) in [5.74, 6) is -0.844. The first kappa shape index (κ1) is 15.8. The number of esters is 1. The second kappa shape index (κ2) is 7.00. The summed E-state index contributed by atoms with van der Waals surface area (Å²) in [6, 6.07) is 14.8. The van der Waals surface area contributed by atoms with E-state index in [1.54, 1.807) is 18.4 Å². The number of carbonyl (C=O) groups is 2. The number of aryl methyl sites for hydroxylation is 1. The van der Waals surface area contributed by atoms with Gasteiger partial charge < -0.3 is 14.5 Å². The van der Waals surface area contributed by atoms with E-state index >= 15 is 0 Å². The summed E-state index contributed by atoms with van der Waals surface area (Å²) >= 11 is 0. The molecule has 0 fully saturated rings. The second-order valence-corrected chi connectivity index (χ2v) is 5.51. The highest BCUT2D eigenvalue weighted by atomic mass is 16.5. The number of carbonyl (C=O) groups excluding carboxylic acids is 2. The number of anilines is 1. The molecule has 3 aromatic rings.